The minimum Gasteiger partial charge on any atom is -0.508 e. The number of nitrogens with one attached hydrogen (secondary N) is 1. The van der Waals surface area contributed by atoms with Crippen LogP contribution < -0.4 is 5.56 Å². The Morgan fingerprint density at radius 1 is 1.12 bits per heavy atom. The molecule has 0 saturated carbocycles. The van der Waals surface area contributed by atoms with Crippen LogP contribution in [0.1, 0.15) is 18.2 Å². The molecule has 0 aliphatic rings. The molecule has 6 nitrogen and oxygen atoms in total. The summed E-state index contributed by atoms with van der Waals surface area (Å²) >= 11 is 0. The Balaban J connectivity index is 1.97. The normalized spacial score (nSPS) is 11.2. The van der Waals surface area contributed by atoms with Crippen LogP contribution in [-0.4, -0.2) is 14.9 Å². The number of phenolic OH excluding ortho intramolecular Hbond substituents is 1. The molecule has 3 rings (SSSR count). The summed E-state index contributed by atoms with van der Waals surface area (Å²) in [5, 5.41) is 20.4. The quantitative estimate of drug-likeness (QED) is 0.707. The van der Waals surface area contributed by atoms with E-state index < -0.39 is 0 Å². The van der Waals surface area contributed by atoms with Crippen molar-refractivity contribution in [1.29, 1.82) is 0 Å². The van der Waals surface area contributed by atoms with Gasteiger partial charge in [0.15, 0.2) is 5.69 Å². The lowest BCUT2D eigenvalue weighted by molar-refractivity contribution is 0.475. The largest absolute Gasteiger partial charge is 0.508 e. The second-order valence-electron chi connectivity index (χ2n) is 5.47. The van der Waals surface area contributed by atoms with E-state index in [1.165, 1.54) is 16.8 Å². The number of azo groups is 1. The van der Waals surface area contributed by atoms with E-state index in [-0.39, 0.29) is 17.0 Å². The number of benzene rings is 2. The number of phenols is 1. The zero-order valence-electron chi connectivity index (χ0n) is 13.5. The number of aromatic nitrogens is 2. The molecule has 0 spiro atoms. The maximum atomic E-state index is 12.6. The Labute approximate surface area is 139 Å². The predicted molar refractivity (Wildman–Crippen MR) is 92.8 cm³/mol. The Bertz CT molecular complexity index is 936. The van der Waals surface area contributed by atoms with Crippen LogP contribution in [0.25, 0.3) is 5.69 Å². The molecule has 0 atom stereocenters. The lowest BCUT2D eigenvalue weighted by Gasteiger charge is -2.03. The van der Waals surface area contributed by atoms with Crippen LogP contribution in [-0.2, 0) is 6.42 Å². The highest BCUT2D eigenvalue weighted by Crippen LogP contribution is 2.21. The van der Waals surface area contributed by atoms with Crippen molar-refractivity contribution in [3.05, 3.63) is 70.1 Å². The Hall–Kier alpha value is -3.15. The highest BCUT2D eigenvalue weighted by molar-refractivity contribution is 5.45. The molecule has 0 aliphatic carbocycles. The molecule has 1 heterocycles. The van der Waals surface area contributed by atoms with E-state index in [1.807, 2.05) is 24.3 Å². The second kappa shape index (κ2) is 6.54. The Morgan fingerprint density at radius 2 is 1.88 bits per heavy atom. The van der Waals surface area contributed by atoms with Crippen molar-refractivity contribution >= 4 is 11.4 Å². The van der Waals surface area contributed by atoms with Gasteiger partial charge in [0.1, 0.15) is 5.75 Å². The number of rotatable bonds is 4. The van der Waals surface area contributed by atoms with Crippen molar-refractivity contribution in [1.82, 2.24) is 9.78 Å². The first kappa shape index (κ1) is 15.7. The highest BCUT2D eigenvalue weighted by Gasteiger charge is 2.12. The summed E-state index contributed by atoms with van der Waals surface area (Å²) < 4.78 is 1.47. The summed E-state index contributed by atoms with van der Waals surface area (Å²) in [5.41, 5.74) is 3.15. The summed E-state index contributed by atoms with van der Waals surface area (Å²) in [6.07, 6.45) is 0.899. The number of H-pyrrole nitrogens is 1. The molecule has 2 aromatic carbocycles. The fraction of sp³-hybridized carbons (Fsp3) is 0.167. The summed E-state index contributed by atoms with van der Waals surface area (Å²) in [6.45, 7) is 3.85. The summed E-state index contributed by atoms with van der Waals surface area (Å²) in [6, 6.07) is 14.1. The Kier molecular flexibility index (Phi) is 4.29. The molecule has 24 heavy (non-hydrogen) atoms. The van der Waals surface area contributed by atoms with Crippen LogP contribution >= 0.6 is 0 Å². The van der Waals surface area contributed by atoms with E-state index in [4.69, 9.17) is 0 Å². The SMILES string of the molecule is CCc1cccc(-n2[nH]c(C)c(N=Nc3ccc(O)cc3)c2=O)c1. The van der Waals surface area contributed by atoms with E-state index in [0.717, 1.165) is 17.7 Å². The first-order valence-corrected chi connectivity index (χ1v) is 7.70. The number of hydrogen-bond donors (Lipinski definition) is 2. The van der Waals surface area contributed by atoms with Gasteiger partial charge < -0.3 is 5.11 Å². The monoisotopic (exact) mass is 322 g/mol. The first-order chi connectivity index (χ1) is 11.6. The molecule has 122 valence electrons. The van der Waals surface area contributed by atoms with Crippen LogP contribution in [0.3, 0.4) is 0 Å². The fourth-order valence-electron chi connectivity index (χ4n) is 2.38. The van der Waals surface area contributed by atoms with Gasteiger partial charge in [-0.1, -0.05) is 19.1 Å². The lowest BCUT2D eigenvalue weighted by atomic mass is 10.1. The topological polar surface area (TPSA) is 82.7 Å². The number of aromatic amines is 1. The van der Waals surface area contributed by atoms with Gasteiger partial charge >= 0.3 is 0 Å². The maximum absolute atomic E-state index is 12.6. The molecule has 0 saturated heterocycles. The smallest absolute Gasteiger partial charge is 0.299 e. The van der Waals surface area contributed by atoms with Crippen LogP contribution in [0.4, 0.5) is 11.4 Å². The van der Waals surface area contributed by atoms with Crippen molar-refractivity contribution in [2.75, 3.05) is 0 Å². The number of hydrogen-bond acceptors (Lipinski definition) is 4. The van der Waals surface area contributed by atoms with Crippen molar-refractivity contribution in [2.24, 2.45) is 10.2 Å². The molecule has 0 radical (unpaired) electrons. The van der Waals surface area contributed by atoms with Gasteiger partial charge in [0.05, 0.1) is 17.1 Å². The summed E-state index contributed by atoms with van der Waals surface area (Å²) in [4.78, 5) is 12.6. The summed E-state index contributed by atoms with van der Waals surface area (Å²) in [7, 11) is 0. The average molecular weight is 322 g/mol. The van der Waals surface area contributed by atoms with Crippen LogP contribution in [0.2, 0.25) is 0 Å². The zero-order chi connectivity index (χ0) is 17.1. The van der Waals surface area contributed by atoms with Crippen LogP contribution in [0.15, 0.2) is 63.6 Å². The van der Waals surface area contributed by atoms with Crippen molar-refractivity contribution < 1.29 is 5.11 Å². The molecule has 6 heteroatoms. The van der Waals surface area contributed by atoms with Gasteiger partial charge in [-0.25, -0.2) is 4.68 Å². The standard InChI is InChI=1S/C18H18N4O2/c1-3-13-5-4-6-15(11-13)22-18(24)17(12(2)21-22)20-19-14-7-9-16(23)10-8-14/h4-11,21,23H,3H2,1-2H3. The Morgan fingerprint density at radius 3 is 2.58 bits per heavy atom. The van der Waals surface area contributed by atoms with E-state index in [0.29, 0.717) is 11.4 Å². The first-order valence-electron chi connectivity index (χ1n) is 7.70. The molecule has 1 aromatic heterocycles. The molecular formula is C18H18N4O2. The molecule has 0 amide bonds. The predicted octanol–water partition coefficient (Wildman–Crippen LogP) is 4.16. The van der Waals surface area contributed by atoms with E-state index in [1.54, 1.807) is 19.1 Å². The number of aromatic hydroxyl groups is 1. The van der Waals surface area contributed by atoms with E-state index in [9.17, 15) is 9.90 Å². The van der Waals surface area contributed by atoms with Gasteiger partial charge in [-0.3, -0.25) is 9.89 Å². The highest BCUT2D eigenvalue weighted by atomic mass is 16.3. The zero-order valence-corrected chi connectivity index (χ0v) is 13.5. The van der Waals surface area contributed by atoms with Gasteiger partial charge in [0, 0.05) is 0 Å². The third-order valence-electron chi connectivity index (χ3n) is 3.73. The van der Waals surface area contributed by atoms with Gasteiger partial charge in [0.2, 0.25) is 0 Å². The van der Waals surface area contributed by atoms with Gasteiger partial charge in [-0.05, 0) is 55.3 Å². The van der Waals surface area contributed by atoms with Gasteiger partial charge in [0.25, 0.3) is 5.56 Å². The van der Waals surface area contributed by atoms with Crippen molar-refractivity contribution in [2.45, 2.75) is 20.3 Å². The summed E-state index contributed by atoms with van der Waals surface area (Å²) in [5.74, 6) is 0.157. The molecule has 0 fully saturated rings. The lowest BCUT2D eigenvalue weighted by Crippen LogP contribution is -2.14. The molecule has 0 unspecified atom stereocenters. The van der Waals surface area contributed by atoms with Crippen molar-refractivity contribution in [3.8, 4) is 11.4 Å². The van der Waals surface area contributed by atoms with Crippen LogP contribution in [0.5, 0.6) is 5.75 Å². The van der Waals surface area contributed by atoms with E-state index >= 15 is 0 Å². The molecule has 2 N–H and O–H groups in total. The van der Waals surface area contributed by atoms with Crippen LogP contribution in [0, 0.1) is 6.92 Å². The number of nitrogens with zero attached hydrogens (tertiary/aromatic N) is 3. The minimum atomic E-state index is -0.247. The van der Waals surface area contributed by atoms with E-state index in [2.05, 4.69) is 22.3 Å². The fourth-order valence-corrected chi connectivity index (χ4v) is 2.38. The molecule has 0 bridgehead atoms. The molecule has 0 aliphatic heterocycles. The van der Waals surface area contributed by atoms with Crippen molar-refractivity contribution in [3.63, 3.8) is 0 Å². The maximum Gasteiger partial charge on any atom is 0.299 e. The third-order valence-corrected chi connectivity index (χ3v) is 3.73. The molecular weight excluding hydrogens is 304 g/mol. The average Bonchev–Trinajstić information content (AvgIpc) is 2.89. The van der Waals surface area contributed by atoms with Gasteiger partial charge in [-0.15, -0.1) is 5.11 Å². The second-order valence-corrected chi connectivity index (χ2v) is 5.47. The minimum absolute atomic E-state index is 0.157. The van der Waals surface area contributed by atoms with Gasteiger partial charge in [-0.2, -0.15) is 5.11 Å². The molecule has 3 aromatic rings. The number of aryl methyl sites for hydroxylation is 2. The third kappa shape index (κ3) is 3.12.